The highest BCUT2D eigenvalue weighted by atomic mass is 16.6. The first-order valence-electron chi connectivity index (χ1n) is 11.0. The molecule has 1 heterocycles. The van der Waals surface area contributed by atoms with Crippen LogP contribution in [0.3, 0.4) is 0 Å². The number of nitrogens with one attached hydrogen (secondary N) is 1. The number of nitro groups is 1. The molecule has 8 nitrogen and oxygen atoms in total. The minimum Gasteiger partial charge on any atom is -0.463 e. The van der Waals surface area contributed by atoms with Crippen molar-refractivity contribution in [3.63, 3.8) is 0 Å². The lowest BCUT2D eigenvalue weighted by Crippen LogP contribution is -2.33. The van der Waals surface area contributed by atoms with E-state index in [9.17, 15) is 19.7 Å². The highest BCUT2D eigenvalue weighted by molar-refractivity contribution is 6.04. The van der Waals surface area contributed by atoms with Gasteiger partial charge in [0.05, 0.1) is 28.4 Å². The van der Waals surface area contributed by atoms with Crippen LogP contribution in [0.5, 0.6) is 0 Å². The van der Waals surface area contributed by atoms with E-state index in [1.54, 1.807) is 38.1 Å². The molecule has 0 unspecified atom stereocenters. The van der Waals surface area contributed by atoms with Gasteiger partial charge in [0.25, 0.3) is 5.69 Å². The molecule has 2 aromatic carbocycles. The van der Waals surface area contributed by atoms with E-state index in [-0.39, 0.29) is 30.0 Å². The highest BCUT2D eigenvalue weighted by Crippen LogP contribution is 2.36. The van der Waals surface area contributed by atoms with E-state index in [0.29, 0.717) is 17.0 Å². The molecule has 8 heteroatoms. The van der Waals surface area contributed by atoms with Crippen molar-refractivity contribution >= 4 is 29.4 Å². The molecule has 0 radical (unpaired) electrons. The van der Waals surface area contributed by atoms with Gasteiger partial charge in [0.1, 0.15) is 6.61 Å². The first-order valence-corrected chi connectivity index (χ1v) is 11.0. The van der Waals surface area contributed by atoms with Crippen molar-refractivity contribution in [2.45, 2.75) is 13.8 Å². The number of hydrogen-bond donors (Lipinski definition) is 1. The number of allylic oxidation sites excluding steroid dienone is 2. The molecule has 35 heavy (non-hydrogen) atoms. The number of rotatable bonds is 9. The van der Waals surface area contributed by atoms with Crippen LogP contribution in [0.15, 0.2) is 90.2 Å². The maximum Gasteiger partial charge on any atom is 0.337 e. The van der Waals surface area contributed by atoms with Gasteiger partial charge >= 0.3 is 11.9 Å². The summed E-state index contributed by atoms with van der Waals surface area (Å²) in [5.74, 6) is -1.96. The van der Waals surface area contributed by atoms with Crippen molar-refractivity contribution in [2.75, 3.05) is 13.2 Å². The smallest absolute Gasteiger partial charge is 0.337 e. The fourth-order valence-electron chi connectivity index (χ4n) is 3.72. The number of benzene rings is 2. The van der Waals surface area contributed by atoms with Crippen LogP contribution in [-0.4, -0.2) is 30.1 Å². The van der Waals surface area contributed by atoms with Gasteiger partial charge in [0, 0.05) is 23.7 Å². The minimum absolute atomic E-state index is 0.0123. The van der Waals surface area contributed by atoms with Gasteiger partial charge in [-0.25, -0.2) is 9.59 Å². The van der Waals surface area contributed by atoms with E-state index in [4.69, 9.17) is 9.47 Å². The molecule has 3 rings (SSSR count). The number of nitrogens with zero attached hydrogens (tertiary/aromatic N) is 1. The number of carbonyl (C=O) groups excluding carboxylic acids is 2. The average Bonchev–Trinajstić information content (AvgIpc) is 2.86. The van der Waals surface area contributed by atoms with Crippen molar-refractivity contribution in [2.24, 2.45) is 5.92 Å². The zero-order chi connectivity index (χ0) is 25.4. The summed E-state index contributed by atoms with van der Waals surface area (Å²) in [6, 6.07) is 15.2. The average molecular weight is 475 g/mol. The number of non-ortho nitro benzene ring substituents is 1. The summed E-state index contributed by atoms with van der Waals surface area (Å²) in [5.41, 5.74) is 2.95. The number of nitro benzene ring substituents is 1. The van der Waals surface area contributed by atoms with Gasteiger partial charge < -0.3 is 14.8 Å². The summed E-state index contributed by atoms with van der Waals surface area (Å²) < 4.78 is 10.7. The lowest BCUT2D eigenvalue weighted by Gasteiger charge is -2.30. The SMILES string of the molecule is C=CCOC(=O)C1=C(C)NC(c2ccccc2)=C(C(=O)OCC)[C@@H]1/C=C/c1ccc([N+](=O)[O-])cc1. The van der Waals surface area contributed by atoms with E-state index in [1.165, 1.54) is 18.2 Å². The Bertz CT molecular complexity index is 1210. The Morgan fingerprint density at radius 3 is 2.31 bits per heavy atom. The molecule has 0 fully saturated rings. The quantitative estimate of drug-likeness (QED) is 0.241. The Morgan fingerprint density at radius 1 is 1.06 bits per heavy atom. The van der Waals surface area contributed by atoms with E-state index >= 15 is 0 Å². The predicted octanol–water partition coefficient (Wildman–Crippen LogP) is 4.81. The largest absolute Gasteiger partial charge is 0.463 e. The van der Waals surface area contributed by atoms with Crippen molar-refractivity contribution in [3.8, 4) is 0 Å². The van der Waals surface area contributed by atoms with E-state index < -0.39 is 22.8 Å². The van der Waals surface area contributed by atoms with Crippen molar-refractivity contribution in [3.05, 3.63) is 111 Å². The molecule has 180 valence electrons. The number of hydrogen-bond acceptors (Lipinski definition) is 7. The summed E-state index contributed by atoms with van der Waals surface area (Å²) in [7, 11) is 0. The van der Waals surface area contributed by atoms with Crippen LogP contribution in [0.25, 0.3) is 11.8 Å². The molecule has 2 aromatic rings. The molecule has 1 atom stereocenters. The third-order valence-electron chi connectivity index (χ3n) is 5.30. The summed E-state index contributed by atoms with van der Waals surface area (Å²) >= 11 is 0. The van der Waals surface area contributed by atoms with Gasteiger partial charge in [-0.1, -0.05) is 55.1 Å². The Balaban J connectivity index is 2.15. The lowest BCUT2D eigenvalue weighted by atomic mass is 9.83. The van der Waals surface area contributed by atoms with Gasteiger partial charge in [0.2, 0.25) is 0 Å². The second kappa shape index (κ2) is 11.6. The highest BCUT2D eigenvalue weighted by Gasteiger charge is 2.37. The van der Waals surface area contributed by atoms with Crippen LogP contribution in [0.1, 0.15) is 25.0 Å². The Morgan fingerprint density at radius 2 is 1.71 bits per heavy atom. The number of esters is 2. The Hall–Kier alpha value is -4.46. The fourth-order valence-corrected chi connectivity index (χ4v) is 3.72. The van der Waals surface area contributed by atoms with E-state index in [1.807, 2.05) is 30.3 Å². The van der Waals surface area contributed by atoms with Gasteiger partial charge in [-0.15, -0.1) is 0 Å². The summed E-state index contributed by atoms with van der Waals surface area (Å²) in [6.07, 6.45) is 4.87. The number of dihydropyridines is 1. The van der Waals surface area contributed by atoms with Crippen LogP contribution >= 0.6 is 0 Å². The molecule has 0 aliphatic carbocycles. The molecule has 0 spiro atoms. The molecule has 0 amide bonds. The maximum absolute atomic E-state index is 13.2. The zero-order valence-electron chi connectivity index (χ0n) is 19.5. The summed E-state index contributed by atoms with van der Waals surface area (Å²) in [6.45, 7) is 7.19. The van der Waals surface area contributed by atoms with Gasteiger partial charge in [-0.2, -0.15) is 0 Å². The van der Waals surface area contributed by atoms with E-state index in [2.05, 4.69) is 11.9 Å². The Kier molecular flexibility index (Phi) is 8.34. The lowest BCUT2D eigenvalue weighted by molar-refractivity contribution is -0.384. The molecule has 1 aliphatic rings. The molecule has 0 saturated carbocycles. The van der Waals surface area contributed by atoms with Crippen molar-refractivity contribution < 1.29 is 24.0 Å². The van der Waals surface area contributed by atoms with Crippen LogP contribution < -0.4 is 5.32 Å². The zero-order valence-corrected chi connectivity index (χ0v) is 19.5. The monoisotopic (exact) mass is 474 g/mol. The molecule has 1 aliphatic heterocycles. The standard InChI is InChI=1S/C27H26N2O6/c1-4-17-35-26(30)23-18(3)28-25(20-9-7-6-8-10-20)24(27(31)34-5-2)22(23)16-13-19-11-14-21(15-12-19)29(32)33/h4,6-16,22,28H,1,5,17H2,2-3H3/b16-13+/t22-/m1/s1. The number of carbonyl (C=O) groups is 2. The molecular weight excluding hydrogens is 448 g/mol. The van der Waals surface area contributed by atoms with Gasteiger partial charge in [-0.05, 0) is 37.1 Å². The van der Waals surface area contributed by atoms with Crippen LogP contribution in [0.2, 0.25) is 0 Å². The van der Waals surface area contributed by atoms with Crippen molar-refractivity contribution in [1.82, 2.24) is 5.32 Å². The van der Waals surface area contributed by atoms with Crippen LogP contribution in [0, 0.1) is 16.0 Å². The van der Waals surface area contributed by atoms with Crippen LogP contribution in [0.4, 0.5) is 5.69 Å². The topological polar surface area (TPSA) is 108 Å². The Labute approximate surface area is 203 Å². The molecule has 1 N–H and O–H groups in total. The van der Waals surface area contributed by atoms with Gasteiger partial charge in [-0.3, -0.25) is 10.1 Å². The normalized spacial score (nSPS) is 15.5. The van der Waals surface area contributed by atoms with Crippen LogP contribution in [-0.2, 0) is 19.1 Å². The second-order valence-electron chi connectivity index (χ2n) is 7.61. The van der Waals surface area contributed by atoms with Gasteiger partial charge in [0.15, 0.2) is 0 Å². The fraction of sp³-hybridized carbons (Fsp3) is 0.185. The predicted molar refractivity (Wildman–Crippen MR) is 133 cm³/mol. The number of ether oxygens (including phenoxy) is 2. The van der Waals surface area contributed by atoms with E-state index in [0.717, 1.165) is 5.56 Å². The molecule has 0 saturated heterocycles. The summed E-state index contributed by atoms with van der Waals surface area (Å²) in [4.78, 5) is 36.7. The molecule has 0 bridgehead atoms. The summed E-state index contributed by atoms with van der Waals surface area (Å²) in [5, 5.41) is 14.2. The minimum atomic E-state index is -0.794. The second-order valence-corrected chi connectivity index (χ2v) is 7.61. The first-order chi connectivity index (χ1) is 16.9. The first kappa shape index (κ1) is 25.2. The maximum atomic E-state index is 13.2. The third-order valence-corrected chi connectivity index (χ3v) is 5.30. The third kappa shape index (κ3) is 5.92. The van der Waals surface area contributed by atoms with Crippen molar-refractivity contribution in [1.29, 1.82) is 0 Å². The molecular formula is C27H26N2O6. The molecule has 0 aromatic heterocycles.